The Morgan fingerprint density at radius 1 is 0.508 bits per heavy atom. The van der Waals surface area contributed by atoms with Gasteiger partial charge in [-0.2, -0.15) is 0 Å². The molecular formula is C98H158N2O22S4. The quantitative estimate of drug-likeness (QED) is 0.0142. The van der Waals surface area contributed by atoms with Crippen LogP contribution in [0.25, 0.3) is 0 Å². The summed E-state index contributed by atoms with van der Waals surface area (Å²) in [4.78, 5) is 50.9. The minimum absolute atomic E-state index is 0.0108. The van der Waals surface area contributed by atoms with Crippen molar-refractivity contribution in [2.75, 3.05) is 31.3 Å². The molecule has 0 aliphatic carbocycles. The Bertz CT molecular complexity index is 3790. The highest BCUT2D eigenvalue weighted by Crippen LogP contribution is 2.58. The van der Waals surface area contributed by atoms with Crippen LogP contribution in [0, 0.1) is 82.9 Å². The molecule has 2 aromatic heterocycles. The summed E-state index contributed by atoms with van der Waals surface area (Å²) < 4.78 is 73.4. The summed E-state index contributed by atoms with van der Waals surface area (Å²) in [6.45, 7) is 40.7. The molecule has 4 spiro atoms. The lowest BCUT2D eigenvalue weighted by atomic mass is 9.72. The Morgan fingerprint density at radius 2 is 0.929 bits per heavy atom. The van der Waals surface area contributed by atoms with E-state index < -0.39 is 112 Å². The lowest BCUT2D eigenvalue weighted by Crippen LogP contribution is -2.63. The van der Waals surface area contributed by atoms with Crippen molar-refractivity contribution in [1.29, 1.82) is 0 Å². The monoisotopic (exact) mass is 1840 g/mol. The first kappa shape index (κ1) is 105. The van der Waals surface area contributed by atoms with E-state index in [-0.39, 0.29) is 133 Å². The van der Waals surface area contributed by atoms with Gasteiger partial charge in [-0.25, -0.2) is 9.97 Å². The predicted octanol–water partition coefficient (Wildman–Crippen LogP) is 16.4. The number of aliphatic hydroxyl groups excluding tert-OH is 6. The van der Waals surface area contributed by atoms with Gasteiger partial charge in [-0.05, 0) is 237 Å². The molecule has 24 nitrogen and oxygen atoms in total. The van der Waals surface area contributed by atoms with Crippen LogP contribution in [0.2, 0.25) is 0 Å². The zero-order valence-corrected chi connectivity index (χ0v) is 82.4. The molecule has 2 aromatic rings. The van der Waals surface area contributed by atoms with Crippen molar-refractivity contribution in [3.05, 3.63) is 73.1 Å². The number of carbonyl (C=O) groups excluding carboxylic acids is 3. The fraction of sp³-hybridized carbons (Fsp3) is 0.827. The van der Waals surface area contributed by atoms with Crippen LogP contribution in [-0.2, 0) is 66.5 Å². The second-order valence-corrected chi connectivity index (χ2v) is 44.4. The SMILES string of the molecule is CC[C@H](C(=O)[C@H](C)[C@H](O)[C@@H](C)[C@H]1O[C@H]([C@H](CC)C(=O)OCCSSc2ccccn2)CC[C@H]1C)[C@@H]1O[C@@]2(C=C[C@H](O)[C@@]3(CC[C@](C)([C@@H]4CC[C@@](O)(CC)[C@@H](C)O4)O3)O2)[C@@H](C)C[C@H]1C.CC[C@H](CO)[C@@H]1CC[C@@H](C)[C@@H]([C@H](C)[C@@H](O)[C@@H](C)C(=O)[C@@H](CC)[C@@H]2O[C@@]3(C=C[C@H](O)[C@@]4(CC[C@](C)([C@@H]5CC[C@@](O)(CC)[C@@H](C)O5)O4)O3)[C@@H](C)C[C@H]2C)O1.OCCSSc1ccccn1. The number of pyridine rings is 2. The molecule has 716 valence electrons. The second-order valence-electron chi connectivity index (χ2n) is 39.5. The zero-order chi connectivity index (χ0) is 92.2. The molecule has 12 heterocycles. The van der Waals surface area contributed by atoms with E-state index in [9.17, 15) is 50.1 Å². The maximum atomic E-state index is 14.7. The maximum absolute atomic E-state index is 14.7. The van der Waals surface area contributed by atoms with Gasteiger partial charge in [0.1, 0.15) is 40.4 Å². The number of nitrogens with zero attached hydrogens (tertiary/aromatic N) is 2. The Hall–Kier alpha value is -2.73. The van der Waals surface area contributed by atoms with Gasteiger partial charge in [-0.3, -0.25) is 14.4 Å². The van der Waals surface area contributed by atoms with Crippen LogP contribution in [0.3, 0.4) is 0 Å². The van der Waals surface area contributed by atoms with Crippen LogP contribution in [0.15, 0.2) is 83.1 Å². The van der Waals surface area contributed by atoms with E-state index in [0.29, 0.717) is 102 Å². The van der Waals surface area contributed by atoms with Gasteiger partial charge >= 0.3 is 5.97 Å². The van der Waals surface area contributed by atoms with Gasteiger partial charge in [0.2, 0.25) is 11.6 Å². The number of ether oxygens (including phenoxy) is 11. The molecule has 10 aliphatic rings. The van der Waals surface area contributed by atoms with Crippen molar-refractivity contribution in [2.24, 2.45) is 82.9 Å². The van der Waals surface area contributed by atoms with E-state index in [2.05, 4.69) is 58.4 Å². The number of hydrogen-bond acceptors (Lipinski definition) is 28. The molecule has 126 heavy (non-hydrogen) atoms. The third kappa shape index (κ3) is 23.7. The molecule has 0 saturated carbocycles. The Labute approximate surface area is 768 Å². The highest BCUT2D eigenvalue weighted by atomic mass is 33.1. The predicted molar refractivity (Wildman–Crippen MR) is 492 cm³/mol. The molecule has 8 saturated heterocycles. The average molecular weight is 1840 g/mol. The van der Waals surface area contributed by atoms with Crippen molar-refractivity contribution in [1.82, 2.24) is 9.97 Å². The van der Waals surface area contributed by atoms with Crippen molar-refractivity contribution >= 4 is 60.7 Å². The highest BCUT2D eigenvalue weighted by molar-refractivity contribution is 8.77. The van der Waals surface area contributed by atoms with Gasteiger partial charge in [0.25, 0.3) is 0 Å². The summed E-state index contributed by atoms with van der Waals surface area (Å²) in [7, 11) is 6.35. The summed E-state index contributed by atoms with van der Waals surface area (Å²) in [5.74, 6) is -7.30. The van der Waals surface area contributed by atoms with Crippen molar-refractivity contribution in [2.45, 2.75) is 408 Å². The number of hydrogen-bond donors (Lipinski definition) is 8. The number of carbonyl (C=O) groups is 3. The van der Waals surface area contributed by atoms with E-state index in [1.807, 2.05) is 139 Å². The lowest BCUT2D eigenvalue weighted by molar-refractivity contribution is -0.409. The van der Waals surface area contributed by atoms with Gasteiger partial charge in [0, 0.05) is 96.6 Å². The summed E-state index contributed by atoms with van der Waals surface area (Å²) >= 11 is 0. The Kier molecular flexibility index (Phi) is 38.2. The van der Waals surface area contributed by atoms with E-state index in [0.717, 1.165) is 54.3 Å². The molecule has 0 aromatic carbocycles. The minimum atomic E-state index is -1.38. The third-order valence-electron chi connectivity index (χ3n) is 31.1. The van der Waals surface area contributed by atoms with Crippen molar-refractivity contribution < 1.29 is 107 Å². The first-order valence-corrected chi connectivity index (χ1v) is 52.6. The molecule has 8 fully saturated rings. The number of aromatic nitrogens is 2. The molecule has 0 radical (unpaired) electrons. The molecule has 12 rings (SSSR count). The summed E-state index contributed by atoms with van der Waals surface area (Å²) in [6.07, 6.45) is 16.5. The summed E-state index contributed by atoms with van der Waals surface area (Å²) in [6, 6.07) is 11.6. The second kappa shape index (κ2) is 45.7. The zero-order valence-electron chi connectivity index (χ0n) is 79.1. The van der Waals surface area contributed by atoms with Crippen LogP contribution in [0.1, 0.15) is 267 Å². The Balaban J connectivity index is 0.000000237. The number of rotatable bonds is 33. The molecule has 0 bridgehead atoms. The summed E-state index contributed by atoms with van der Waals surface area (Å²) in [5.41, 5.74) is -3.24. The van der Waals surface area contributed by atoms with Crippen LogP contribution >= 0.6 is 43.2 Å². The third-order valence-corrected chi connectivity index (χ3v) is 35.6. The van der Waals surface area contributed by atoms with Gasteiger partial charge in [0.15, 0.2) is 11.6 Å². The van der Waals surface area contributed by atoms with Crippen molar-refractivity contribution in [3.8, 4) is 0 Å². The van der Waals surface area contributed by atoms with E-state index in [1.54, 1.807) is 67.7 Å². The van der Waals surface area contributed by atoms with E-state index >= 15 is 0 Å². The molecule has 28 heteroatoms. The minimum Gasteiger partial charge on any atom is -0.464 e. The fourth-order valence-electron chi connectivity index (χ4n) is 22.2. The number of esters is 1. The van der Waals surface area contributed by atoms with Gasteiger partial charge in [0.05, 0.1) is 108 Å². The number of Topliss-reactive ketones (excluding diaryl/α,β-unsaturated/α-hetero) is 2. The van der Waals surface area contributed by atoms with Crippen LogP contribution < -0.4 is 0 Å². The van der Waals surface area contributed by atoms with E-state index in [4.69, 9.17) is 57.2 Å². The number of aliphatic hydroxyl groups is 8. The Morgan fingerprint density at radius 3 is 1.31 bits per heavy atom. The number of ketones is 2. The normalized spacial score (nSPS) is 40.5. The molecule has 0 unspecified atom stereocenters. The smallest absolute Gasteiger partial charge is 0.311 e. The largest absolute Gasteiger partial charge is 0.464 e. The van der Waals surface area contributed by atoms with Gasteiger partial charge in [-0.1, -0.05) is 145 Å². The molecule has 8 N–H and O–H groups in total. The molecule has 36 atom stereocenters. The standard InChI is InChI=1S/C49H77NO11S2.C42H72O10.C7H9NOS2/c1-11-35(45(54)56-26-27-62-63-40-16-14-15-25-50-40)37-18-17-29(4)43(58-37)33(8)41(52)32(7)42(53)36(12-2)44-30(5)28-31(6)48(59-44)22-19-38(51)49(61-48)24-23-46(10,60-49)39-20-21-47(55,13-3)34(9)57-39;1-11-30(23-43)32-15-14-24(4)37(49-32)28(8)35(45)27(7)36(46)31(12-2)38-25(5)22-26(6)41(50-38)19-16-33(44)42(52-41)21-20-39(10,51-42)34-17-18-40(47,13-3)29(9)48-34;9-5-6-10-11-7-3-1-2-4-8-7/h14-16,19,22,25,29-39,41,43-44,51-52,55H,11-13,17-18,20-21,23-24,26-28H2,1-10H3;16,19,24-35,37-38,43-45,47H,11-15,17-18,20-23H2,1-10H3;1-4,9H,5-6H2/t29-,30-,31+,32-,33-,34-,35+,36-,37+,38+,39+,41+,43+,44-,46-,47+,48-,49-;24-,25-,26+,27-,28-,29-,30-,31-,32+,33+,34+,35+,37+,38-,39-,40+,41-,42-;/m11./s1. The highest BCUT2D eigenvalue weighted by Gasteiger charge is 2.66. The van der Waals surface area contributed by atoms with E-state index in [1.165, 1.54) is 0 Å². The van der Waals surface area contributed by atoms with Gasteiger partial charge < -0.3 is 93.0 Å². The molecular weight excluding hydrogens is 1690 g/mol. The van der Waals surface area contributed by atoms with Crippen LogP contribution in [0.5, 0.6) is 0 Å². The lowest BCUT2D eigenvalue weighted by Gasteiger charge is -2.54. The summed E-state index contributed by atoms with van der Waals surface area (Å²) in [5, 5.41) is 89.1. The fourth-order valence-corrected chi connectivity index (χ4v) is 25.6. The topological polar surface area (TPSA) is 340 Å². The van der Waals surface area contributed by atoms with Crippen molar-refractivity contribution in [3.63, 3.8) is 0 Å². The molecule has 0 amide bonds. The van der Waals surface area contributed by atoms with Crippen LogP contribution in [-0.4, -0.2) is 231 Å². The first-order chi connectivity index (χ1) is 59.7. The average Bonchev–Trinajstić information content (AvgIpc) is 1.55. The maximum Gasteiger partial charge on any atom is 0.311 e. The van der Waals surface area contributed by atoms with Gasteiger partial charge in [-0.15, -0.1) is 0 Å². The molecule has 10 aliphatic heterocycles. The first-order valence-electron chi connectivity index (χ1n) is 47.9. The van der Waals surface area contributed by atoms with Crippen LogP contribution in [0.4, 0.5) is 0 Å².